The van der Waals surface area contributed by atoms with Crippen LogP contribution in [0.1, 0.15) is 30.1 Å². The first-order valence-electron chi connectivity index (χ1n) is 6.57. The van der Waals surface area contributed by atoms with E-state index in [1.165, 1.54) is 29.2 Å². The number of hydrogen-bond acceptors (Lipinski definition) is 4. The Morgan fingerprint density at radius 2 is 1.95 bits per heavy atom. The first-order chi connectivity index (χ1) is 9.71. The lowest BCUT2D eigenvalue weighted by Gasteiger charge is -2.26. The summed E-state index contributed by atoms with van der Waals surface area (Å²) < 4.78 is 23.1. The van der Waals surface area contributed by atoms with Crippen molar-refractivity contribution in [2.75, 3.05) is 6.26 Å². The number of benzene rings is 1. The lowest BCUT2D eigenvalue weighted by molar-refractivity contribution is -0.141. The van der Waals surface area contributed by atoms with Gasteiger partial charge in [-0.2, -0.15) is 0 Å². The number of carboxylic acid groups (broad SMARTS) is 1. The van der Waals surface area contributed by atoms with E-state index >= 15 is 0 Å². The molecule has 7 heteroatoms. The van der Waals surface area contributed by atoms with Crippen LogP contribution in [0.15, 0.2) is 29.2 Å². The second-order valence-corrected chi connectivity index (χ2v) is 7.31. The number of sulfone groups is 1. The monoisotopic (exact) mass is 311 g/mol. The summed E-state index contributed by atoms with van der Waals surface area (Å²) in [5, 5.41) is 9.19. The number of aliphatic carboxylic acids is 1. The number of hydrogen-bond donors (Lipinski definition) is 1. The third kappa shape index (κ3) is 3.07. The Kier molecular flexibility index (Phi) is 4.04. The van der Waals surface area contributed by atoms with Gasteiger partial charge in [0, 0.05) is 17.9 Å². The molecule has 1 heterocycles. The van der Waals surface area contributed by atoms with Gasteiger partial charge in [0.25, 0.3) is 5.91 Å². The molecule has 0 aliphatic carbocycles. The maximum absolute atomic E-state index is 12.5. The van der Waals surface area contributed by atoms with E-state index in [1.807, 2.05) is 0 Å². The number of nitrogens with zero attached hydrogens (tertiary/aromatic N) is 1. The van der Waals surface area contributed by atoms with Gasteiger partial charge in [0.1, 0.15) is 6.04 Å². The molecule has 1 aromatic carbocycles. The topological polar surface area (TPSA) is 91.8 Å². The normalized spacial score (nSPS) is 22.3. The molecule has 0 aromatic heterocycles. The molecule has 21 heavy (non-hydrogen) atoms. The van der Waals surface area contributed by atoms with Crippen molar-refractivity contribution in [1.82, 2.24) is 4.90 Å². The Bertz CT molecular complexity index is 682. The maximum atomic E-state index is 12.5. The molecule has 0 bridgehead atoms. The van der Waals surface area contributed by atoms with Crippen molar-refractivity contribution in [2.24, 2.45) is 0 Å². The molecule has 1 N–H and O–H groups in total. The van der Waals surface area contributed by atoms with Gasteiger partial charge in [-0.3, -0.25) is 4.79 Å². The van der Waals surface area contributed by atoms with E-state index in [2.05, 4.69) is 0 Å². The van der Waals surface area contributed by atoms with Crippen LogP contribution < -0.4 is 0 Å². The summed E-state index contributed by atoms with van der Waals surface area (Å²) in [6.45, 7) is 1.79. The van der Waals surface area contributed by atoms with Gasteiger partial charge in [0.15, 0.2) is 9.84 Å². The highest BCUT2D eigenvalue weighted by Gasteiger charge is 2.39. The summed E-state index contributed by atoms with van der Waals surface area (Å²) >= 11 is 0. The standard InChI is InChI=1S/C14H17NO5S/c1-9-6-7-12(14(17)18)15(9)13(16)10-4-3-5-11(8-10)21(2,19)20/h3-5,8-9,12H,6-7H2,1-2H3,(H,17,18)/t9-,12-/m1/s1. The SMILES string of the molecule is C[C@@H]1CC[C@H](C(=O)O)N1C(=O)c1cccc(S(C)(=O)=O)c1. The van der Waals surface area contributed by atoms with Crippen LogP contribution in [0.3, 0.4) is 0 Å². The molecule has 114 valence electrons. The molecule has 1 aliphatic rings. The van der Waals surface area contributed by atoms with Crippen molar-refractivity contribution in [3.8, 4) is 0 Å². The summed E-state index contributed by atoms with van der Waals surface area (Å²) in [5.41, 5.74) is 0.193. The predicted molar refractivity (Wildman–Crippen MR) is 75.8 cm³/mol. The molecule has 0 radical (unpaired) electrons. The highest BCUT2D eigenvalue weighted by atomic mass is 32.2. The van der Waals surface area contributed by atoms with Gasteiger partial charge >= 0.3 is 5.97 Å². The van der Waals surface area contributed by atoms with Crippen molar-refractivity contribution in [3.63, 3.8) is 0 Å². The van der Waals surface area contributed by atoms with E-state index in [1.54, 1.807) is 6.92 Å². The molecule has 0 spiro atoms. The maximum Gasteiger partial charge on any atom is 0.326 e. The molecule has 2 atom stereocenters. The molecule has 1 amide bonds. The van der Waals surface area contributed by atoms with Crippen molar-refractivity contribution < 1.29 is 23.1 Å². The minimum atomic E-state index is -3.41. The molecule has 0 unspecified atom stereocenters. The Morgan fingerprint density at radius 3 is 2.52 bits per heavy atom. The zero-order valence-corrected chi connectivity index (χ0v) is 12.6. The summed E-state index contributed by atoms with van der Waals surface area (Å²) in [4.78, 5) is 25.1. The van der Waals surface area contributed by atoms with E-state index in [9.17, 15) is 23.1 Å². The molecule has 2 rings (SSSR count). The van der Waals surface area contributed by atoms with E-state index in [0.29, 0.717) is 12.8 Å². The molecule has 1 saturated heterocycles. The quantitative estimate of drug-likeness (QED) is 0.904. The molecular formula is C14H17NO5S. The Labute approximate surface area is 123 Å². The van der Waals surface area contributed by atoms with Crippen LogP contribution in [0.5, 0.6) is 0 Å². The Morgan fingerprint density at radius 1 is 1.29 bits per heavy atom. The average Bonchev–Trinajstić information content (AvgIpc) is 2.79. The first-order valence-corrected chi connectivity index (χ1v) is 8.46. The number of rotatable bonds is 3. The van der Waals surface area contributed by atoms with E-state index in [4.69, 9.17) is 0 Å². The zero-order valence-electron chi connectivity index (χ0n) is 11.8. The number of amides is 1. The van der Waals surface area contributed by atoms with Crippen molar-refractivity contribution in [2.45, 2.75) is 36.7 Å². The third-order valence-corrected chi connectivity index (χ3v) is 4.81. The van der Waals surface area contributed by atoms with Crippen LogP contribution in [0, 0.1) is 0 Å². The fraction of sp³-hybridized carbons (Fsp3) is 0.429. The summed E-state index contributed by atoms with van der Waals surface area (Å²) in [5.74, 6) is -1.48. The van der Waals surface area contributed by atoms with Crippen LogP contribution in [0.2, 0.25) is 0 Å². The van der Waals surface area contributed by atoms with Crippen LogP contribution in [-0.4, -0.2) is 48.6 Å². The smallest absolute Gasteiger partial charge is 0.326 e. The van der Waals surface area contributed by atoms with Gasteiger partial charge in [-0.15, -0.1) is 0 Å². The van der Waals surface area contributed by atoms with Gasteiger partial charge in [-0.05, 0) is 38.0 Å². The molecule has 1 aromatic rings. The van der Waals surface area contributed by atoms with Gasteiger partial charge in [-0.25, -0.2) is 13.2 Å². The number of carbonyl (C=O) groups is 2. The Balaban J connectivity index is 2.38. The lowest BCUT2D eigenvalue weighted by Crippen LogP contribution is -2.44. The number of carboxylic acids is 1. The Hall–Kier alpha value is -1.89. The summed E-state index contributed by atoms with van der Waals surface area (Å²) in [7, 11) is -3.41. The molecular weight excluding hydrogens is 294 g/mol. The highest BCUT2D eigenvalue weighted by Crippen LogP contribution is 2.26. The average molecular weight is 311 g/mol. The minimum Gasteiger partial charge on any atom is -0.480 e. The number of carbonyl (C=O) groups excluding carboxylic acids is 1. The zero-order chi connectivity index (χ0) is 15.8. The van der Waals surface area contributed by atoms with E-state index < -0.39 is 27.8 Å². The largest absolute Gasteiger partial charge is 0.480 e. The predicted octanol–water partition coefficient (Wildman–Crippen LogP) is 1.17. The van der Waals surface area contributed by atoms with Crippen LogP contribution in [0.4, 0.5) is 0 Å². The lowest BCUT2D eigenvalue weighted by atomic mass is 10.1. The molecule has 1 fully saturated rings. The van der Waals surface area contributed by atoms with Crippen LogP contribution >= 0.6 is 0 Å². The highest BCUT2D eigenvalue weighted by molar-refractivity contribution is 7.90. The fourth-order valence-corrected chi connectivity index (χ4v) is 3.24. The molecule has 6 nitrogen and oxygen atoms in total. The summed E-state index contributed by atoms with van der Waals surface area (Å²) in [6, 6.07) is 4.66. The van der Waals surface area contributed by atoms with E-state index in [-0.39, 0.29) is 16.5 Å². The van der Waals surface area contributed by atoms with Crippen molar-refractivity contribution >= 4 is 21.7 Å². The molecule has 1 aliphatic heterocycles. The van der Waals surface area contributed by atoms with Gasteiger partial charge in [0.05, 0.1) is 4.90 Å². The second-order valence-electron chi connectivity index (χ2n) is 5.29. The fourth-order valence-electron chi connectivity index (χ4n) is 2.58. The van der Waals surface area contributed by atoms with Gasteiger partial charge < -0.3 is 10.0 Å². The van der Waals surface area contributed by atoms with Crippen molar-refractivity contribution in [1.29, 1.82) is 0 Å². The second kappa shape index (κ2) is 5.48. The summed E-state index contributed by atoms with van der Waals surface area (Å²) in [6.07, 6.45) is 2.09. The third-order valence-electron chi connectivity index (χ3n) is 3.70. The number of likely N-dealkylation sites (tertiary alicyclic amines) is 1. The van der Waals surface area contributed by atoms with E-state index in [0.717, 1.165) is 6.26 Å². The van der Waals surface area contributed by atoms with Gasteiger partial charge in [0.2, 0.25) is 0 Å². The first kappa shape index (κ1) is 15.5. The molecule has 0 saturated carbocycles. The van der Waals surface area contributed by atoms with Crippen LogP contribution in [0.25, 0.3) is 0 Å². The van der Waals surface area contributed by atoms with Crippen molar-refractivity contribution in [3.05, 3.63) is 29.8 Å². The van der Waals surface area contributed by atoms with Gasteiger partial charge in [-0.1, -0.05) is 6.07 Å². The van der Waals surface area contributed by atoms with Crippen LogP contribution in [-0.2, 0) is 14.6 Å². The minimum absolute atomic E-state index is 0.0482.